The molecule has 0 aromatic carbocycles. The van der Waals surface area contributed by atoms with Crippen LogP contribution >= 0.6 is 0 Å². The van der Waals surface area contributed by atoms with Gasteiger partial charge < -0.3 is 17.2 Å². The van der Waals surface area contributed by atoms with E-state index in [-0.39, 0.29) is 17.5 Å². The monoisotopic (exact) mass is 227 g/mol. The van der Waals surface area contributed by atoms with E-state index in [1.54, 1.807) is 6.92 Å². The molecule has 0 spiro atoms. The Kier molecular flexibility index (Phi) is 3.69. The maximum Gasteiger partial charge on any atom is 0.277 e. The van der Waals surface area contributed by atoms with E-state index < -0.39 is 11.7 Å². The summed E-state index contributed by atoms with van der Waals surface area (Å²) in [7, 11) is 0. The lowest BCUT2D eigenvalue weighted by Gasteiger charge is -2.28. The highest BCUT2D eigenvalue weighted by Gasteiger charge is 2.17. The second kappa shape index (κ2) is 4.81. The van der Waals surface area contributed by atoms with E-state index in [2.05, 4.69) is 15.4 Å². The van der Waals surface area contributed by atoms with Gasteiger partial charge in [-0.3, -0.25) is 14.8 Å². The number of nitrogens with zero attached hydrogens (tertiary/aromatic N) is 2. The standard InChI is InChI=1S/C8H17N7O/c1-3-12-15(4(2)9)6-5(10)7(16)14-8(11)13-6/h4,12H,3,9-10H2,1-2H3,(H3,11,13,14,16)/t4-/m1/s1. The van der Waals surface area contributed by atoms with Crippen LogP contribution < -0.4 is 33.2 Å². The molecule has 0 aliphatic carbocycles. The molecule has 0 aliphatic heterocycles. The largest absolute Gasteiger partial charge is 0.391 e. The van der Waals surface area contributed by atoms with Gasteiger partial charge in [-0.1, -0.05) is 6.92 Å². The molecule has 0 unspecified atom stereocenters. The minimum atomic E-state index is -0.481. The Bertz CT molecular complexity index is 413. The summed E-state index contributed by atoms with van der Waals surface area (Å²) >= 11 is 0. The van der Waals surface area contributed by atoms with Crippen LogP contribution in [0.15, 0.2) is 4.79 Å². The average molecular weight is 227 g/mol. The maximum atomic E-state index is 11.4. The first-order chi connectivity index (χ1) is 7.47. The molecule has 1 rings (SSSR count). The molecule has 0 aliphatic rings. The van der Waals surface area contributed by atoms with Gasteiger partial charge in [0.1, 0.15) is 5.69 Å². The summed E-state index contributed by atoms with van der Waals surface area (Å²) in [6.45, 7) is 4.25. The van der Waals surface area contributed by atoms with Crippen LogP contribution in [-0.2, 0) is 0 Å². The lowest BCUT2D eigenvalue weighted by atomic mass is 10.4. The molecule has 0 bridgehead atoms. The Balaban J connectivity index is 3.23. The first-order valence-electron chi connectivity index (χ1n) is 4.91. The quantitative estimate of drug-likeness (QED) is 0.314. The number of hydrazine groups is 1. The summed E-state index contributed by atoms with van der Waals surface area (Å²) in [5, 5.41) is 1.50. The SMILES string of the molecule is CCNN(c1nc(N)[nH]c(=O)c1N)[C@H](C)N. The second-order valence-electron chi connectivity index (χ2n) is 3.31. The van der Waals surface area contributed by atoms with Gasteiger partial charge in [0.05, 0.1) is 6.17 Å². The Hall–Kier alpha value is -1.80. The molecule has 1 aromatic rings. The van der Waals surface area contributed by atoms with Crippen molar-refractivity contribution < 1.29 is 0 Å². The zero-order valence-corrected chi connectivity index (χ0v) is 9.32. The van der Waals surface area contributed by atoms with E-state index in [1.807, 2.05) is 6.92 Å². The van der Waals surface area contributed by atoms with E-state index in [0.717, 1.165) is 0 Å². The fourth-order valence-electron chi connectivity index (χ4n) is 1.25. The maximum absolute atomic E-state index is 11.4. The number of nitrogens with two attached hydrogens (primary N) is 3. The van der Waals surface area contributed by atoms with E-state index in [4.69, 9.17) is 17.2 Å². The van der Waals surface area contributed by atoms with Gasteiger partial charge in [-0.2, -0.15) is 4.98 Å². The van der Waals surface area contributed by atoms with Crippen LogP contribution in [0.3, 0.4) is 0 Å². The van der Waals surface area contributed by atoms with Crippen LogP contribution in [-0.4, -0.2) is 22.7 Å². The van der Waals surface area contributed by atoms with Crippen LogP contribution in [0.5, 0.6) is 0 Å². The number of H-pyrrole nitrogens is 1. The molecule has 0 fully saturated rings. The summed E-state index contributed by atoms with van der Waals surface area (Å²) in [5.74, 6) is 0.232. The van der Waals surface area contributed by atoms with Crippen molar-refractivity contribution in [3.63, 3.8) is 0 Å². The van der Waals surface area contributed by atoms with E-state index in [0.29, 0.717) is 6.54 Å². The second-order valence-corrected chi connectivity index (χ2v) is 3.31. The molecule has 8 N–H and O–H groups in total. The number of aromatic amines is 1. The van der Waals surface area contributed by atoms with Crippen molar-refractivity contribution in [2.24, 2.45) is 5.73 Å². The minimum Gasteiger partial charge on any atom is -0.391 e. The highest BCUT2D eigenvalue weighted by atomic mass is 16.1. The van der Waals surface area contributed by atoms with Crippen molar-refractivity contribution in [1.29, 1.82) is 0 Å². The van der Waals surface area contributed by atoms with Crippen molar-refractivity contribution in [1.82, 2.24) is 15.4 Å². The molecule has 1 heterocycles. The lowest BCUT2D eigenvalue weighted by Crippen LogP contribution is -2.50. The van der Waals surface area contributed by atoms with Gasteiger partial charge in [-0.25, -0.2) is 5.43 Å². The van der Waals surface area contributed by atoms with Crippen LogP contribution in [0.25, 0.3) is 0 Å². The van der Waals surface area contributed by atoms with Gasteiger partial charge in [-0.05, 0) is 6.92 Å². The van der Waals surface area contributed by atoms with Crippen LogP contribution in [0.2, 0.25) is 0 Å². The number of hydrogen-bond acceptors (Lipinski definition) is 7. The number of hydrogen-bond donors (Lipinski definition) is 5. The van der Waals surface area contributed by atoms with Crippen LogP contribution in [0, 0.1) is 0 Å². The zero-order chi connectivity index (χ0) is 12.3. The first-order valence-corrected chi connectivity index (χ1v) is 4.91. The predicted molar refractivity (Wildman–Crippen MR) is 63.5 cm³/mol. The molecule has 0 amide bonds. The fraction of sp³-hybridized carbons (Fsp3) is 0.500. The van der Waals surface area contributed by atoms with Gasteiger partial charge in [0.25, 0.3) is 5.56 Å². The first kappa shape index (κ1) is 12.3. The number of nitrogens with one attached hydrogen (secondary N) is 2. The van der Waals surface area contributed by atoms with E-state index >= 15 is 0 Å². The summed E-state index contributed by atoms with van der Waals surface area (Å²) in [6, 6.07) is 0. The Labute approximate surface area is 92.8 Å². The van der Waals surface area contributed by atoms with Gasteiger partial charge in [0.15, 0.2) is 5.82 Å². The van der Waals surface area contributed by atoms with Crippen molar-refractivity contribution in [3.8, 4) is 0 Å². The third kappa shape index (κ3) is 2.41. The molecule has 0 radical (unpaired) electrons. The predicted octanol–water partition coefficient (Wildman–Crippen LogP) is -1.43. The van der Waals surface area contributed by atoms with E-state index in [9.17, 15) is 4.79 Å². The topological polar surface area (TPSA) is 139 Å². The van der Waals surface area contributed by atoms with Crippen LogP contribution in [0.4, 0.5) is 17.5 Å². The van der Waals surface area contributed by atoms with Gasteiger partial charge in [-0.15, -0.1) is 0 Å². The highest BCUT2D eigenvalue weighted by Crippen LogP contribution is 2.15. The third-order valence-electron chi connectivity index (χ3n) is 1.92. The molecule has 1 atom stereocenters. The number of aromatic nitrogens is 2. The minimum absolute atomic E-state index is 0.00208. The number of anilines is 3. The summed E-state index contributed by atoms with van der Waals surface area (Å²) < 4.78 is 0. The van der Waals surface area contributed by atoms with Gasteiger partial charge in [0, 0.05) is 6.54 Å². The molecule has 8 heteroatoms. The number of nitrogen functional groups attached to an aromatic ring is 2. The molecule has 8 nitrogen and oxygen atoms in total. The molecule has 0 saturated carbocycles. The van der Waals surface area contributed by atoms with Crippen molar-refractivity contribution in [3.05, 3.63) is 10.4 Å². The zero-order valence-electron chi connectivity index (χ0n) is 9.32. The molecule has 90 valence electrons. The molecular formula is C8H17N7O. The van der Waals surface area contributed by atoms with E-state index in [1.165, 1.54) is 5.01 Å². The Morgan fingerprint density at radius 1 is 1.56 bits per heavy atom. The molecule has 16 heavy (non-hydrogen) atoms. The van der Waals surface area contributed by atoms with Gasteiger partial charge >= 0.3 is 0 Å². The van der Waals surface area contributed by atoms with Gasteiger partial charge in [0.2, 0.25) is 5.95 Å². The molecular weight excluding hydrogens is 210 g/mol. The lowest BCUT2D eigenvalue weighted by molar-refractivity contribution is 0.556. The third-order valence-corrected chi connectivity index (χ3v) is 1.92. The van der Waals surface area contributed by atoms with Crippen molar-refractivity contribution in [2.75, 3.05) is 23.0 Å². The smallest absolute Gasteiger partial charge is 0.277 e. The Morgan fingerprint density at radius 2 is 2.19 bits per heavy atom. The highest BCUT2D eigenvalue weighted by molar-refractivity contribution is 5.62. The number of rotatable bonds is 4. The summed E-state index contributed by atoms with van der Waals surface area (Å²) in [5.41, 5.74) is 19.3. The molecule has 1 aromatic heterocycles. The normalized spacial score (nSPS) is 12.4. The molecule has 0 saturated heterocycles. The van der Waals surface area contributed by atoms with Crippen LogP contribution in [0.1, 0.15) is 13.8 Å². The summed E-state index contributed by atoms with van der Waals surface area (Å²) in [6.07, 6.45) is -0.393. The van der Waals surface area contributed by atoms with Crippen molar-refractivity contribution >= 4 is 17.5 Å². The Morgan fingerprint density at radius 3 is 2.69 bits per heavy atom. The van der Waals surface area contributed by atoms with Crippen molar-refractivity contribution in [2.45, 2.75) is 20.0 Å². The average Bonchev–Trinajstić information content (AvgIpc) is 2.20. The summed E-state index contributed by atoms with van der Waals surface area (Å²) in [4.78, 5) is 17.7. The fourth-order valence-corrected chi connectivity index (χ4v) is 1.25.